The molecular weight excluding hydrogens is 334 g/mol. The van der Waals surface area contributed by atoms with Crippen molar-refractivity contribution in [3.63, 3.8) is 0 Å². The van der Waals surface area contributed by atoms with Crippen LogP contribution in [0.2, 0.25) is 0 Å². The summed E-state index contributed by atoms with van der Waals surface area (Å²) in [5, 5.41) is 21.3. The quantitative estimate of drug-likeness (QED) is 0.741. The molecule has 1 aromatic heterocycles. The second-order valence-electron chi connectivity index (χ2n) is 5.18. The number of carbonyl (C=O) groups is 1. The molecule has 1 atom stereocenters. The maximum Gasteiger partial charge on any atom is 0.335 e. The van der Waals surface area contributed by atoms with Crippen LogP contribution in [-0.2, 0) is 10.5 Å². The molecule has 3 rings (SSSR count). The van der Waals surface area contributed by atoms with E-state index in [4.69, 9.17) is 9.84 Å². The Kier molecular flexibility index (Phi) is 5.47. The molecule has 0 bridgehead atoms. The molecule has 0 saturated carbocycles. The molecule has 6 nitrogen and oxygen atoms in total. The summed E-state index contributed by atoms with van der Waals surface area (Å²) in [5.41, 5.74) is 1.26. The molecule has 1 fully saturated rings. The molecule has 1 aliphatic rings. The molecule has 0 radical (unpaired) electrons. The number of nitrogens with one attached hydrogen (secondary N) is 1. The van der Waals surface area contributed by atoms with E-state index >= 15 is 0 Å². The number of carboxylic acid groups (broad SMARTS) is 1. The second-order valence-corrected chi connectivity index (χ2v) is 7.38. The summed E-state index contributed by atoms with van der Waals surface area (Å²) in [6.45, 7) is 1.61. The molecule has 2 aromatic rings. The Morgan fingerprint density at radius 3 is 3.17 bits per heavy atom. The van der Waals surface area contributed by atoms with Crippen LogP contribution in [0.5, 0.6) is 0 Å². The molecule has 8 heteroatoms. The first-order valence-corrected chi connectivity index (χ1v) is 9.15. The van der Waals surface area contributed by atoms with Gasteiger partial charge in [-0.3, -0.25) is 0 Å². The van der Waals surface area contributed by atoms with Crippen LogP contribution >= 0.6 is 23.1 Å². The largest absolute Gasteiger partial charge is 0.478 e. The van der Waals surface area contributed by atoms with E-state index in [9.17, 15) is 4.79 Å². The fourth-order valence-corrected chi connectivity index (χ4v) is 3.99. The Balaban J connectivity index is 1.50. The van der Waals surface area contributed by atoms with Gasteiger partial charge in [-0.15, -0.1) is 10.2 Å². The number of thioether (sulfide) groups is 1. The maximum atomic E-state index is 11.0. The van der Waals surface area contributed by atoms with Gasteiger partial charge in [0.05, 0.1) is 11.7 Å². The van der Waals surface area contributed by atoms with Crippen LogP contribution in [0.1, 0.15) is 28.8 Å². The highest BCUT2D eigenvalue weighted by Gasteiger charge is 2.15. The molecule has 2 heterocycles. The van der Waals surface area contributed by atoms with Crippen molar-refractivity contribution in [3.05, 3.63) is 35.4 Å². The van der Waals surface area contributed by atoms with Crippen LogP contribution in [0.3, 0.4) is 0 Å². The summed E-state index contributed by atoms with van der Waals surface area (Å²) < 4.78 is 6.42. The third-order valence-corrected chi connectivity index (χ3v) is 5.53. The Labute approximate surface area is 142 Å². The number of hydrogen-bond acceptors (Lipinski definition) is 7. The number of aromatic nitrogens is 2. The van der Waals surface area contributed by atoms with Gasteiger partial charge < -0.3 is 15.2 Å². The average Bonchev–Trinajstić information content (AvgIpc) is 3.23. The van der Waals surface area contributed by atoms with Crippen molar-refractivity contribution in [1.29, 1.82) is 0 Å². The summed E-state index contributed by atoms with van der Waals surface area (Å²) in [7, 11) is 0. The fraction of sp³-hybridized carbons (Fsp3) is 0.400. The minimum atomic E-state index is -0.909. The van der Waals surface area contributed by atoms with E-state index < -0.39 is 5.97 Å². The molecule has 0 amide bonds. The van der Waals surface area contributed by atoms with Crippen LogP contribution in [-0.4, -0.2) is 40.5 Å². The zero-order valence-electron chi connectivity index (χ0n) is 12.4. The number of anilines is 1. The van der Waals surface area contributed by atoms with Crippen molar-refractivity contribution in [2.45, 2.75) is 29.0 Å². The maximum absolute atomic E-state index is 11.0. The zero-order chi connectivity index (χ0) is 16.1. The van der Waals surface area contributed by atoms with Gasteiger partial charge in [0.15, 0.2) is 4.34 Å². The summed E-state index contributed by atoms with van der Waals surface area (Å²) >= 11 is 3.06. The van der Waals surface area contributed by atoms with E-state index in [-0.39, 0.29) is 6.10 Å². The zero-order valence-corrected chi connectivity index (χ0v) is 14.0. The average molecular weight is 351 g/mol. The standard InChI is InChI=1S/C15H17N3O3S2/c19-13(20)11-4-1-3-10(7-11)9-22-15-18-17-14(23-15)16-8-12-5-2-6-21-12/h1,3-4,7,12H,2,5-6,8-9H2,(H,16,17)(H,19,20)/t12-/m1/s1. The third kappa shape index (κ3) is 4.66. The number of benzene rings is 1. The van der Waals surface area contributed by atoms with Crippen LogP contribution in [0.4, 0.5) is 5.13 Å². The summed E-state index contributed by atoms with van der Waals surface area (Å²) in [4.78, 5) is 11.0. The first-order chi connectivity index (χ1) is 11.2. The predicted molar refractivity (Wildman–Crippen MR) is 90.3 cm³/mol. The summed E-state index contributed by atoms with van der Waals surface area (Å²) in [6.07, 6.45) is 2.49. The number of nitrogens with zero attached hydrogens (tertiary/aromatic N) is 2. The van der Waals surface area contributed by atoms with Crippen molar-refractivity contribution in [2.75, 3.05) is 18.5 Å². The monoisotopic (exact) mass is 351 g/mol. The Morgan fingerprint density at radius 2 is 2.39 bits per heavy atom. The number of hydrogen-bond donors (Lipinski definition) is 2. The second kappa shape index (κ2) is 7.76. The minimum absolute atomic E-state index is 0.272. The normalized spacial score (nSPS) is 17.3. The lowest BCUT2D eigenvalue weighted by Gasteiger charge is -2.08. The van der Waals surface area contributed by atoms with Crippen molar-refractivity contribution in [1.82, 2.24) is 10.2 Å². The van der Waals surface area contributed by atoms with Crippen LogP contribution in [0.15, 0.2) is 28.6 Å². The minimum Gasteiger partial charge on any atom is -0.478 e. The van der Waals surface area contributed by atoms with E-state index in [0.29, 0.717) is 11.3 Å². The van der Waals surface area contributed by atoms with E-state index in [0.717, 1.165) is 41.0 Å². The molecule has 23 heavy (non-hydrogen) atoms. The molecule has 0 spiro atoms. The lowest BCUT2D eigenvalue weighted by Crippen LogP contribution is -2.18. The number of aromatic carboxylic acids is 1. The van der Waals surface area contributed by atoms with Crippen molar-refractivity contribution >= 4 is 34.2 Å². The fourth-order valence-electron chi connectivity index (χ4n) is 2.29. The van der Waals surface area contributed by atoms with Crippen LogP contribution in [0, 0.1) is 0 Å². The highest BCUT2D eigenvalue weighted by molar-refractivity contribution is 8.00. The van der Waals surface area contributed by atoms with Gasteiger partial charge in [-0.05, 0) is 30.5 Å². The van der Waals surface area contributed by atoms with Crippen molar-refractivity contribution < 1.29 is 14.6 Å². The van der Waals surface area contributed by atoms with Gasteiger partial charge in [0.1, 0.15) is 0 Å². The smallest absolute Gasteiger partial charge is 0.335 e. The molecule has 2 N–H and O–H groups in total. The van der Waals surface area contributed by atoms with E-state index in [1.165, 1.54) is 11.3 Å². The van der Waals surface area contributed by atoms with E-state index in [1.807, 2.05) is 6.07 Å². The molecule has 0 aliphatic carbocycles. The van der Waals surface area contributed by atoms with Crippen LogP contribution in [0.25, 0.3) is 0 Å². The van der Waals surface area contributed by atoms with Crippen LogP contribution < -0.4 is 5.32 Å². The molecule has 122 valence electrons. The molecular formula is C15H17N3O3S2. The Morgan fingerprint density at radius 1 is 1.48 bits per heavy atom. The van der Waals surface area contributed by atoms with Gasteiger partial charge in [-0.25, -0.2) is 4.79 Å². The highest BCUT2D eigenvalue weighted by Crippen LogP contribution is 2.28. The lowest BCUT2D eigenvalue weighted by molar-refractivity contribution is 0.0696. The first kappa shape index (κ1) is 16.2. The lowest BCUT2D eigenvalue weighted by atomic mass is 10.1. The Hall–Kier alpha value is -1.64. The summed E-state index contributed by atoms with van der Waals surface area (Å²) in [6, 6.07) is 6.95. The van der Waals surface area contributed by atoms with Gasteiger partial charge in [0.2, 0.25) is 5.13 Å². The Bertz CT molecular complexity index is 671. The summed E-state index contributed by atoms with van der Waals surface area (Å²) in [5.74, 6) is -0.241. The molecule has 1 aliphatic heterocycles. The predicted octanol–water partition coefficient (Wildman–Crippen LogP) is 3.12. The number of ether oxygens (including phenoxy) is 1. The molecule has 1 aromatic carbocycles. The molecule has 1 saturated heterocycles. The molecule has 0 unspecified atom stereocenters. The van der Waals surface area contributed by atoms with Gasteiger partial charge in [-0.2, -0.15) is 0 Å². The number of carboxylic acids is 1. The van der Waals surface area contributed by atoms with E-state index in [2.05, 4.69) is 15.5 Å². The van der Waals surface area contributed by atoms with Gasteiger partial charge in [-0.1, -0.05) is 35.2 Å². The topological polar surface area (TPSA) is 84.3 Å². The SMILES string of the molecule is O=C(O)c1cccc(CSc2nnc(NC[C@H]3CCCO3)s2)c1. The van der Waals surface area contributed by atoms with Crippen molar-refractivity contribution in [3.8, 4) is 0 Å². The highest BCUT2D eigenvalue weighted by atomic mass is 32.2. The third-order valence-electron chi connectivity index (χ3n) is 3.45. The van der Waals surface area contributed by atoms with Gasteiger partial charge in [0, 0.05) is 18.9 Å². The van der Waals surface area contributed by atoms with Crippen molar-refractivity contribution in [2.24, 2.45) is 0 Å². The van der Waals surface area contributed by atoms with E-state index in [1.54, 1.807) is 30.0 Å². The number of rotatable bonds is 7. The van der Waals surface area contributed by atoms with Gasteiger partial charge >= 0.3 is 5.97 Å². The van der Waals surface area contributed by atoms with Gasteiger partial charge in [0.25, 0.3) is 0 Å². The first-order valence-electron chi connectivity index (χ1n) is 7.35.